The maximum Gasteiger partial charge on any atom is 0.260 e. The van der Waals surface area contributed by atoms with Gasteiger partial charge < -0.3 is 5.32 Å². The Kier molecular flexibility index (Phi) is 6.28. The molecule has 0 saturated heterocycles. The number of carbonyl (C=O) groups is 1. The summed E-state index contributed by atoms with van der Waals surface area (Å²) in [6, 6.07) is 23.0. The Bertz CT molecular complexity index is 1130. The molecule has 0 aliphatic carbocycles. The molecule has 0 aliphatic rings. The van der Waals surface area contributed by atoms with Gasteiger partial charge in [0.1, 0.15) is 11.6 Å². The summed E-state index contributed by atoms with van der Waals surface area (Å²) in [4.78, 5) is 12.2. The molecule has 1 heterocycles. The fraction of sp³-hybridized carbons (Fsp3) is 0.0870. The molecule has 156 valence electrons. The lowest BCUT2D eigenvalue weighted by Gasteiger charge is -2.18. The Hall–Kier alpha value is -3.65. The lowest BCUT2D eigenvalue weighted by molar-refractivity contribution is 0.102. The Morgan fingerprint density at radius 2 is 1.48 bits per heavy atom. The Balaban J connectivity index is 1.44. The van der Waals surface area contributed by atoms with E-state index in [1.807, 2.05) is 36.4 Å². The van der Waals surface area contributed by atoms with Gasteiger partial charge in [0.2, 0.25) is 10.3 Å². The number of anilines is 2. The van der Waals surface area contributed by atoms with Gasteiger partial charge >= 0.3 is 0 Å². The molecule has 2 N–H and O–H groups in total. The second-order valence-electron chi connectivity index (χ2n) is 6.75. The van der Waals surface area contributed by atoms with Gasteiger partial charge in [0, 0.05) is 18.5 Å². The molecule has 0 radical (unpaired) electrons. The van der Waals surface area contributed by atoms with Crippen molar-refractivity contribution in [3.63, 3.8) is 0 Å². The van der Waals surface area contributed by atoms with Gasteiger partial charge in [-0.15, -0.1) is 10.2 Å². The van der Waals surface area contributed by atoms with Crippen LogP contribution in [0.15, 0.2) is 78.9 Å². The zero-order valence-corrected chi connectivity index (χ0v) is 17.1. The molecule has 5 nitrogen and oxygen atoms in total. The molecule has 8 heteroatoms. The van der Waals surface area contributed by atoms with Crippen molar-refractivity contribution in [3.05, 3.63) is 107 Å². The van der Waals surface area contributed by atoms with Crippen LogP contribution in [0.3, 0.4) is 0 Å². The predicted octanol–water partition coefficient (Wildman–Crippen LogP) is 5.31. The quantitative estimate of drug-likeness (QED) is 0.412. The van der Waals surface area contributed by atoms with E-state index in [0.717, 1.165) is 34.6 Å². The number of nitrogens with zero attached hydrogens (tertiary/aromatic N) is 2. The molecule has 0 spiro atoms. The van der Waals surface area contributed by atoms with Crippen LogP contribution in [0.1, 0.15) is 27.4 Å². The SMILES string of the molecule is O=C(Nc1nnc(NCC(c2ccccc2)c2ccccc2)s1)c1ccc(F)cc1F. The van der Waals surface area contributed by atoms with Gasteiger partial charge in [-0.1, -0.05) is 72.0 Å². The van der Waals surface area contributed by atoms with Crippen LogP contribution in [0, 0.1) is 11.6 Å². The number of halogens is 2. The van der Waals surface area contributed by atoms with Crippen LogP contribution in [-0.4, -0.2) is 22.6 Å². The minimum Gasteiger partial charge on any atom is -0.359 e. The van der Waals surface area contributed by atoms with Gasteiger partial charge in [-0.25, -0.2) is 8.78 Å². The summed E-state index contributed by atoms with van der Waals surface area (Å²) in [5, 5.41) is 14.5. The maximum absolute atomic E-state index is 13.8. The smallest absolute Gasteiger partial charge is 0.260 e. The van der Waals surface area contributed by atoms with Gasteiger partial charge in [-0.2, -0.15) is 0 Å². The second kappa shape index (κ2) is 9.44. The summed E-state index contributed by atoms with van der Waals surface area (Å²) < 4.78 is 26.8. The molecule has 31 heavy (non-hydrogen) atoms. The number of hydrogen-bond donors (Lipinski definition) is 2. The third kappa shape index (κ3) is 5.10. The van der Waals surface area contributed by atoms with Gasteiger partial charge in [-0.3, -0.25) is 10.1 Å². The summed E-state index contributed by atoms with van der Waals surface area (Å²) >= 11 is 1.14. The van der Waals surface area contributed by atoms with Crippen molar-refractivity contribution in [1.82, 2.24) is 10.2 Å². The summed E-state index contributed by atoms with van der Waals surface area (Å²) in [5.74, 6) is -2.30. The highest BCUT2D eigenvalue weighted by Gasteiger charge is 2.17. The standard InChI is InChI=1S/C23H18F2N4OS/c24-17-11-12-18(20(25)13-17)21(30)27-23-29-28-22(31-23)26-14-19(15-7-3-1-4-8-15)16-9-5-2-6-10-16/h1-13,19H,14H2,(H,26,28)(H,27,29,30). The Labute approximate surface area is 181 Å². The highest BCUT2D eigenvalue weighted by Crippen LogP contribution is 2.27. The van der Waals surface area contributed by atoms with Crippen LogP contribution >= 0.6 is 11.3 Å². The number of amides is 1. The van der Waals surface area contributed by atoms with E-state index >= 15 is 0 Å². The molecule has 0 aliphatic heterocycles. The third-order valence-electron chi connectivity index (χ3n) is 4.68. The molecule has 0 bridgehead atoms. The molecule has 0 unspecified atom stereocenters. The van der Waals surface area contributed by atoms with Crippen LogP contribution in [-0.2, 0) is 0 Å². The fourth-order valence-corrected chi connectivity index (χ4v) is 3.82. The number of rotatable bonds is 7. The van der Waals surface area contributed by atoms with E-state index in [4.69, 9.17) is 0 Å². The lowest BCUT2D eigenvalue weighted by Crippen LogP contribution is -2.14. The van der Waals surface area contributed by atoms with Crippen LogP contribution in [0.2, 0.25) is 0 Å². The average Bonchev–Trinajstić information content (AvgIpc) is 3.22. The molecular formula is C23H18F2N4OS. The zero-order valence-electron chi connectivity index (χ0n) is 16.3. The van der Waals surface area contributed by atoms with E-state index in [0.29, 0.717) is 17.7 Å². The average molecular weight is 436 g/mol. The fourth-order valence-electron chi connectivity index (χ4n) is 3.17. The normalized spacial score (nSPS) is 10.8. The number of aromatic nitrogens is 2. The molecule has 1 aromatic heterocycles. The maximum atomic E-state index is 13.8. The van der Waals surface area contributed by atoms with Gasteiger partial charge in [0.25, 0.3) is 5.91 Å². The van der Waals surface area contributed by atoms with E-state index < -0.39 is 17.5 Å². The van der Waals surface area contributed by atoms with Crippen molar-refractivity contribution in [2.24, 2.45) is 0 Å². The minimum absolute atomic E-state index is 0.0950. The van der Waals surface area contributed by atoms with Crippen molar-refractivity contribution in [2.75, 3.05) is 17.2 Å². The highest BCUT2D eigenvalue weighted by atomic mass is 32.1. The van der Waals surface area contributed by atoms with E-state index in [-0.39, 0.29) is 16.6 Å². The van der Waals surface area contributed by atoms with Crippen molar-refractivity contribution >= 4 is 27.5 Å². The van der Waals surface area contributed by atoms with E-state index in [9.17, 15) is 13.6 Å². The van der Waals surface area contributed by atoms with Crippen LogP contribution in [0.5, 0.6) is 0 Å². The number of carbonyl (C=O) groups excluding carboxylic acids is 1. The van der Waals surface area contributed by atoms with E-state index in [1.165, 1.54) is 0 Å². The molecule has 0 saturated carbocycles. The first kappa shape index (κ1) is 20.6. The lowest BCUT2D eigenvalue weighted by atomic mass is 9.91. The molecular weight excluding hydrogens is 418 g/mol. The first-order valence-corrected chi connectivity index (χ1v) is 10.4. The number of hydrogen-bond acceptors (Lipinski definition) is 5. The van der Waals surface area contributed by atoms with Gasteiger partial charge in [0.05, 0.1) is 5.56 Å². The number of nitrogens with one attached hydrogen (secondary N) is 2. The minimum atomic E-state index is -0.936. The molecule has 4 aromatic rings. The summed E-state index contributed by atoms with van der Waals surface area (Å²) in [6.07, 6.45) is 0. The zero-order chi connectivity index (χ0) is 21.6. The summed E-state index contributed by atoms with van der Waals surface area (Å²) in [5.41, 5.74) is 2.05. The third-order valence-corrected chi connectivity index (χ3v) is 5.48. The highest BCUT2D eigenvalue weighted by molar-refractivity contribution is 7.19. The van der Waals surface area contributed by atoms with Crippen molar-refractivity contribution in [1.29, 1.82) is 0 Å². The molecule has 3 aromatic carbocycles. The summed E-state index contributed by atoms with van der Waals surface area (Å²) in [6.45, 7) is 0.573. The van der Waals surface area contributed by atoms with Crippen LogP contribution in [0.25, 0.3) is 0 Å². The van der Waals surface area contributed by atoms with Crippen molar-refractivity contribution in [3.8, 4) is 0 Å². The van der Waals surface area contributed by atoms with Crippen molar-refractivity contribution in [2.45, 2.75) is 5.92 Å². The number of benzene rings is 3. The summed E-state index contributed by atoms with van der Waals surface area (Å²) in [7, 11) is 0. The van der Waals surface area contributed by atoms with E-state index in [2.05, 4.69) is 45.1 Å². The Morgan fingerprint density at radius 3 is 2.10 bits per heavy atom. The van der Waals surface area contributed by atoms with Crippen LogP contribution in [0.4, 0.5) is 19.0 Å². The first-order chi connectivity index (χ1) is 15.1. The van der Waals surface area contributed by atoms with Crippen molar-refractivity contribution < 1.29 is 13.6 Å². The first-order valence-electron chi connectivity index (χ1n) is 9.54. The largest absolute Gasteiger partial charge is 0.359 e. The second-order valence-corrected chi connectivity index (χ2v) is 7.72. The molecule has 4 rings (SSSR count). The van der Waals surface area contributed by atoms with E-state index in [1.54, 1.807) is 0 Å². The molecule has 0 atom stereocenters. The monoisotopic (exact) mass is 436 g/mol. The van der Waals surface area contributed by atoms with Gasteiger partial charge in [-0.05, 0) is 23.3 Å². The van der Waals surface area contributed by atoms with Gasteiger partial charge in [0.15, 0.2) is 0 Å². The molecule has 0 fully saturated rings. The predicted molar refractivity (Wildman–Crippen MR) is 117 cm³/mol. The van der Waals surface area contributed by atoms with Crippen LogP contribution < -0.4 is 10.6 Å². The molecule has 1 amide bonds. The Morgan fingerprint density at radius 1 is 0.871 bits per heavy atom. The topological polar surface area (TPSA) is 66.9 Å².